The van der Waals surface area contributed by atoms with Gasteiger partial charge in [0, 0.05) is 24.2 Å². The summed E-state index contributed by atoms with van der Waals surface area (Å²) < 4.78 is 3.44. The highest BCUT2D eigenvalue weighted by atomic mass is 127. The molecule has 94 valence electrons. The third kappa shape index (κ3) is 3.71. The van der Waals surface area contributed by atoms with Crippen LogP contribution in [0.15, 0.2) is 51.4 Å². The molecule has 18 heavy (non-hydrogen) atoms. The van der Waals surface area contributed by atoms with Crippen LogP contribution in [0.3, 0.4) is 0 Å². The smallest absolute Gasteiger partial charge is 0.0496 e. The van der Waals surface area contributed by atoms with Gasteiger partial charge in [0.1, 0.15) is 0 Å². The molecule has 0 fully saturated rings. The summed E-state index contributed by atoms with van der Waals surface area (Å²) in [5, 5.41) is 3.50. The average molecular weight is 481 g/mol. The highest BCUT2D eigenvalue weighted by molar-refractivity contribution is 14.1. The van der Waals surface area contributed by atoms with E-state index in [2.05, 4.69) is 109 Å². The summed E-state index contributed by atoms with van der Waals surface area (Å²) in [7, 11) is 0. The van der Waals surface area contributed by atoms with Crippen molar-refractivity contribution in [3.63, 3.8) is 0 Å². The summed E-state index contributed by atoms with van der Waals surface area (Å²) in [5.74, 6) is 0. The van der Waals surface area contributed by atoms with Gasteiger partial charge in [-0.25, -0.2) is 0 Å². The number of hydrogen-bond acceptors (Lipinski definition) is 1. The number of halogens is 3. The molecule has 4 heteroatoms. The summed E-state index contributed by atoms with van der Waals surface area (Å²) in [6.07, 6.45) is 0. The Labute approximate surface area is 138 Å². The number of hydrogen-bond donors (Lipinski definition) is 1. The zero-order chi connectivity index (χ0) is 13.1. The predicted molar refractivity (Wildman–Crippen MR) is 93.0 cm³/mol. The van der Waals surface area contributed by atoms with Crippen molar-refractivity contribution in [3.05, 3.63) is 60.5 Å². The van der Waals surface area contributed by atoms with Crippen LogP contribution in [0.1, 0.15) is 18.5 Å². The summed E-state index contributed by atoms with van der Waals surface area (Å²) in [5.41, 5.74) is 2.38. The molecule has 0 saturated heterocycles. The molecule has 0 bridgehead atoms. The molecule has 0 heterocycles. The molecule has 0 aliphatic heterocycles. The Bertz CT molecular complexity index is 540. The number of nitrogens with one attached hydrogen (secondary N) is 1. The minimum Gasteiger partial charge on any atom is -0.378 e. The minimum atomic E-state index is 0.257. The van der Waals surface area contributed by atoms with Crippen LogP contribution >= 0.6 is 54.5 Å². The number of benzene rings is 2. The monoisotopic (exact) mass is 479 g/mol. The largest absolute Gasteiger partial charge is 0.378 e. The molecule has 0 saturated carbocycles. The Morgan fingerprint density at radius 2 is 1.72 bits per heavy atom. The van der Waals surface area contributed by atoms with Gasteiger partial charge in [-0.2, -0.15) is 0 Å². The molecule has 1 N–H and O–H groups in total. The van der Waals surface area contributed by atoms with E-state index >= 15 is 0 Å². The second kappa shape index (κ2) is 6.39. The highest BCUT2D eigenvalue weighted by Gasteiger charge is 2.09. The zero-order valence-electron chi connectivity index (χ0n) is 9.75. The second-order valence-corrected chi connectivity index (χ2v) is 7.05. The van der Waals surface area contributed by atoms with Gasteiger partial charge in [-0.3, -0.25) is 0 Å². The van der Waals surface area contributed by atoms with Crippen LogP contribution in [0.25, 0.3) is 0 Å². The average Bonchev–Trinajstić information content (AvgIpc) is 2.32. The Kier molecular flexibility index (Phi) is 5.09. The first kappa shape index (κ1) is 14.3. The van der Waals surface area contributed by atoms with E-state index in [1.54, 1.807) is 0 Å². The first-order valence-corrected chi connectivity index (χ1v) is 8.20. The van der Waals surface area contributed by atoms with Crippen LogP contribution < -0.4 is 5.32 Å². The molecular formula is C14H12Br2IN. The Balaban J connectivity index is 2.16. The van der Waals surface area contributed by atoms with Crippen LogP contribution in [0.5, 0.6) is 0 Å². The van der Waals surface area contributed by atoms with Crippen LogP contribution in [-0.2, 0) is 0 Å². The molecule has 0 aromatic heterocycles. The van der Waals surface area contributed by atoms with Gasteiger partial charge in [-0.05, 0) is 71.5 Å². The van der Waals surface area contributed by atoms with Crippen molar-refractivity contribution >= 4 is 60.1 Å². The lowest BCUT2D eigenvalue weighted by Gasteiger charge is -2.17. The van der Waals surface area contributed by atoms with Gasteiger partial charge in [-0.1, -0.05) is 37.9 Å². The molecular weight excluding hydrogens is 469 g/mol. The maximum atomic E-state index is 3.60. The Morgan fingerprint density at radius 1 is 1.06 bits per heavy atom. The Morgan fingerprint density at radius 3 is 2.33 bits per heavy atom. The van der Waals surface area contributed by atoms with Crippen LogP contribution in [0, 0.1) is 3.57 Å². The van der Waals surface area contributed by atoms with Crippen LogP contribution in [0.4, 0.5) is 5.69 Å². The van der Waals surface area contributed by atoms with E-state index in [1.165, 1.54) is 9.13 Å². The van der Waals surface area contributed by atoms with E-state index in [0.717, 1.165) is 14.6 Å². The summed E-state index contributed by atoms with van der Waals surface area (Å²) in [6, 6.07) is 14.9. The molecule has 0 aliphatic rings. The van der Waals surface area contributed by atoms with E-state index in [1.807, 2.05) is 0 Å². The lowest BCUT2D eigenvalue weighted by Crippen LogP contribution is -2.07. The predicted octanol–water partition coefficient (Wildman–Crippen LogP) is 5.99. The van der Waals surface area contributed by atoms with E-state index in [9.17, 15) is 0 Å². The van der Waals surface area contributed by atoms with Gasteiger partial charge < -0.3 is 5.32 Å². The van der Waals surface area contributed by atoms with E-state index < -0.39 is 0 Å². The zero-order valence-corrected chi connectivity index (χ0v) is 15.1. The molecule has 1 unspecified atom stereocenters. The lowest BCUT2D eigenvalue weighted by molar-refractivity contribution is 0.878. The van der Waals surface area contributed by atoms with Crippen molar-refractivity contribution in [3.8, 4) is 0 Å². The van der Waals surface area contributed by atoms with Crippen LogP contribution in [0.2, 0.25) is 0 Å². The highest BCUT2D eigenvalue weighted by Crippen LogP contribution is 2.29. The van der Waals surface area contributed by atoms with Gasteiger partial charge in [-0.15, -0.1) is 0 Å². The fourth-order valence-corrected chi connectivity index (χ4v) is 3.48. The quantitative estimate of drug-likeness (QED) is 0.532. The fourth-order valence-electron chi connectivity index (χ4n) is 1.73. The maximum absolute atomic E-state index is 3.60. The molecule has 2 aromatic carbocycles. The first-order chi connectivity index (χ1) is 8.56. The Hall–Kier alpha value is -0.0700. The number of rotatable bonds is 3. The van der Waals surface area contributed by atoms with E-state index in [0.29, 0.717) is 0 Å². The summed E-state index contributed by atoms with van der Waals surface area (Å²) in [6.45, 7) is 2.16. The normalized spacial score (nSPS) is 12.2. The van der Waals surface area contributed by atoms with Crippen molar-refractivity contribution < 1.29 is 0 Å². The van der Waals surface area contributed by atoms with Crippen molar-refractivity contribution in [2.24, 2.45) is 0 Å². The number of anilines is 1. The molecule has 1 atom stereocenters. The molecule has 0 radical (unpaired) electrons. The van der Waals surface area contributed by atoms with Crippen molar-refractivity contribution in [1.29, 1.82) is 0 Å². The maximum Gasteiger partial charge on any atom is 0.0496 e. The molecule has 0 aliphatic carbocycles. The molecule has 1 nitrogen and oxygen atoms in total. The van der Waals surface area contributed by atoms with Gasteiger partial charge in [0.05, 0.1) is 0 Å². The topological polar surface area (TPSA) is 12.0 Å². The van der Waals surface area contributed by atoms with Gasteiger partial charge in [0.2, 0.25) is 0 Å². The van der Waals surface area contributed by atoms with Gasteiger partial charge in [0.25, 0.3) is 0 Å². The molecule has 2 aromatic rings. The van der Waals surface area contributed by atoms with Gasteiger partial charge >= 0.3 is 0 Å². The SMILES string of the molecule is CC(Nc1ccc(I)cc1)c1ccc(Br)cc1Br. The van der Waals surface area contributed by atoms with Gasteiger partial charge in [0.15, 0.2) is 0 Å². The van der Waals surface area contributed by atoms with Crippen molar-refractivity contribution in [2.45, 2.75) is 13.0 Å². The lowest BCUT2D eigenvalue weighted by atomic mass is 10.1. The first-order valence-electron chi connectivity index (χ1n) is 5.53. The van der Waals surface area contributed by atoms with Crippen LogP contribution in [-0.4, -0.2) is 0 Å². The third-order valence-electron chi connectivity index (χ3n) is 2.66. The molecule has 0 spiro atoms. The standard InChI is InChI=1S/C14H12Br2IN/c1-9(13-7-2-10(15)8-14(13)16)18-12-5-3-11(17)4-6-12/h2-9,18H,1H3. The second-order valence-electron chi connectivity index (χ2n) is 4.04. The summed E-state index contributed by atoms with van der Waals surface area (Å²) in [4.78, 5) is 0. The van der Waals surface area contributed by atoms with Crippen molar-refractivity contribution in [1.82, 2.24) is 0 Å². The minimum absolute atomic E-state index is 0.257. The van der Waals surface area contributed by atoms with E-state index in [4.69, 9.17) is 0 Å². The third-order valence-corrected chi connectivity index (χ3v) is 4.56. The molecule has 0 amide bonds. The summed E-state index contributed by atoms with van der Waals surface area (Å²) >= 11 is 9.38. The van der Waals surface area contributed by atoms with E-state index in [-0.39, 0.29) is 6.04 Å². The molecule has 2 rings (SSSR count). The fraction of sp³-hybridized carbons (Fsp3) is 0.143. The van der Waals surface area contributed by atoms with Crippen molar-refractivity contribution in [2.75, 3.05) is 5.32 Å².